The number of carbonyl (C=O) groups is 1. The van der Waals surface area contributed by atoms with Gasteiger partial charge in [-0.3, -0.25) is 9.78 Å². The Labute approximate surface area is 111 Å². The molecule has 0 saturated heterocycles. The number of aryl methyl sites for hydroxylation is 2. The Morgan fingerprint density at radius 2 is 2.00 bits per heavy atom. The maximum absolute atomic E-state index is 12.0. The lowest BCUT2D eigenvalue weighted by Gasteiger charge is -2.11. The van der Waals surface area contributed by atoms with Crippen molar-refractivity contribution in [2.24, 2.45) is 0 Å². The predicted molar refractivity (Wildman–Crippen MR) is 74.2 cm³/mol. The van der Waals surface area contributed by atoms with Gasteiger partial charge in [0.05, 0.1) is 23.1 Å². The molecule has 4 N–H and O–H groups in total. The van der Waals surface area contributed by atoms with Gasteiger partial charge < -0.3 is 16.2 Å². The molecule has 0 atom stereocenters. The lowest BCUT2D eigenvalue weighted by Crippen LogP contribution is -2.13. The van der Waals surface area contributed by atoms with E-state index in [0.29, 0.717) is 11.4 Å². The Bertz CT molecular complexity index is 639. The van der Waals surface area contributed by atoms with Crippen LogP contribution in [0, 0.1) is 13.8 Å². The van der Waals surface area contributed by atoms with Gasteiger partial charge in [0.2, 0.25) is 0 Å². The van der Waals surface area contributed by atoms with Crippen molar-refractivity contribution in [3.63, 3.8) is 0 Å². The smallest absolute Gasteiger partial charge is 0.259 e. The number of aromatic nitrogens is 1. The third-order valence-electron chi connectivity index (χ3n) is 2.96. The number of nitrogen functional groups attached to an aromatic ring is 1. The lowest BCUT2D eigenvalue weighted by atomic mass is 10.1. The molecule has 0 radical (unpaired) electrons. The molecule has 0 aliphatic heterocycles. The summed E-state index contributed by atoms with van der Waals surface area (Å²) >= 11 is 0. The molecule has 1 amide bonds. The molecule has 2 rings (SSSR count). The number of nitrogens with zero attached hydrogens (tertiary/aromatic N) is 1. The van der Waals surface area contributed by atoms with Crippen molar-refractivity contribution in [1.82, 2.24) is 4.98 Å². The van der Waals surface area contributed by atoms with Crippen molar-refractivity contribution in [3.05, 3.63) is 47.3 Å². The topological polar surface area (TPSA) is 88.2 Å². The molecule has 0 bridgehead atoms. The monoisotopic (exact) mass is 257 g/mol. The molecule has 5 nitrogen and oxygen atoms in total. The van der Waals surface area contributed by atoms with E-state index in [-0.39, 0.29) is 11.3 Å². The van der Waals surface area contributed by atoms with Crippen LogP contribution in [0.5, 0.6) is 5.75 Å². The number of nitrogens with one attached hydrogen (secondary N) is 1. The number of rotatable bonds is 2. The number of hydrogen-bond acceptors (Lipinski definition) is 4. The Morgan fingerprint density at radius 3 is 2.68 bits per heavy atom. The first-order chi connectivity index (χ1) is 8.99. The van der Waals surface area contributed by atoms with Crippen LogP contribution in [0.2, 0.25) is 0 Å². The number of amides is 1. The fourth-order valence-electron chi connectivity index (χ4n) is 1.71. The molecule has 2 aromatic rings. The van der Waals surface area contributed by atoms with Gasteiger partial charge in [-0.25, -0.2) is 0 Å². The highest BCUT2D eigenvalue weighted by Crippen LogP contribution is 2.24. The zero-order valence-electron chi connectivity index (χ0n) is 10.8. The van der Waals surface area contributed by atoms with E-state index < -0.39 is 5.91 Å². The summed E-state index contributed by atoms with van der Waals surface area (Å²) in [5.74, 6) is -0.586. The van der Waals surface area contributed by atoms with Gasteiger partial charge in [-0.1, -0.05) is 0 Å². The Balaban J connectivity index is 2.30. The average molecular weight is 257 g/mol. The summed E-state index contributed by atoms with van der Waals surface area (Å²) in [5.41, 5.74) is 9.14. The quantitative estimate of drug-likeness (QED) is 0.720. The van der Waals surface area contributed by atoms with Gasteiger partial charge in [-0.15, -0.1) is 0 Å². The highest BCUT2D eigenvalue weighted by Gasteiger charge is 2.12. The van der Waals surface area contributed by atoms with Gasteiger partial charge in [-0.2, -0.15) is 0 Å². The molecular formula is C14H15N3O2. The van der Waals surface area contributed by atoms with Crippen molar-refractivity contribution in [2.45, 2.75) is 13.8 Å². The van der Waals surface area contributed by atoms with Crippen LogP contribution in [0.3, 0.4) is 0 Å². The third-order valence-corrected chi connectivity index (χ3v) is 2.96. The lowest BCUT2D eigenvalue weighted by molar-refractivity contribution is 0.102. The van der Waals surface area contributed by atoms with Gasteiger partial charge in [0, 0.05) is 6.20 Å². The minimum absolute atomic E-state index is 0.160. The first kappa shape index (κ1) is 12.9. The zero-order chi connectivity index (χ0) is 14.0. The fourth-order valence-corrected chi connectivity index (χ4v) is 1.71. The number of benzene rings is 1. The van der Waals surface area contributed by atoms with Crippen molar-refractivity contribution in [2.75, 3.05) is 11.1 Å². The summed E-state index contributed by atoms with van der Waals surface area (Å²) < 4.78 is 0. The van der Waals surface area contributed by atoms with E-state index in [0.717, 1.165) is 11.1 Å². The highest BCUT2D eigenvalue weighted by molar-refractivity contribution is 6.07. The second-order valence-electron chi connectivity index (χ2n) is 4.37. The number of hydrogen-bond donors (Lipinski definition) is 3. The van der Waals surface area contributed by atoms with Crippen LogP contribution in [0.25, 0.3) is 0 Å². The molecule has 0 saturated carbocycles. The van der Waals surface area contributed by atoms with Crippen LogP contribution < -0.4 is 11.1 Å². The zero-order valence-corrected chi connectivity index (χ0v) is 10.8. The van der Waals surface area contributed by atoms with E-state index in [1.807, 2.05) is 13.8 Å². The van der Waals surface area contributed by atoms with Gasteiger partial charge in [0.15, 0.2) is 0 Å². The predicted octanol–water partition coefficient (Wildman–Crippen LogP) is 2.24. The first-order valence-corrected chi connectivity index (χ1v) is 5.80. The Hall–Kier alpha value is -2.56. The van der Waals surface area contributed by atoms with Crippen LogP contribution in [0.4, 0.5) is 11.4 Å². The molecule has 1 heterocycles. The average Bonchev–Trinajstić information content (AvgIpc) is 2.36. The summed E-state index contributed by atoms with van der Waals surface area (Å²) in [4.78, 5) is 15.8. The number of nitrogens with two attached hydrogens (primary N) is 1. The van der Waals surface area contributed by atoms with Crippen LogP contribution >= 0.6 is 0 Å². The summed E-state index contributed by atoms with van der Waals surface area (Å²) in [6.07, 6.45) is 2.66. The normalized spacial score (nSPS) is 10.2. The van der Waals surface area contributed by atoms with E-state index in [1.54, 1.807) is 12.1 Å². The van der Waals surface area contributed by atoms with E-state index in [1.165, 1.54) is 18.5 Å². The van der Waals surface area contributed by atoms with Gasteiger partial charge in [0.1, 0.15) is 5.75 Å². The standard InChI is InChI=1S/C14H15N3O2/c1-8-5-11(15)12(6-9(8)2)17-14(19)10-3-4-16-7-13(10)18/h3-7,18H,15H2,1-2H3,(H,17,19). The van der Waals surface area contributed by atoms with E-state index in [2.05, 4.69) is 10.3 Å². The third kappa shape index (κ3) is 2.65. The van der Waals surface area contributed by atoms with Crippen LogP contribution in [-0.4, -0.2) is 16.0 Å². The minimum Gasteiger partial charge on any atom is -0.505 e. The maximum Gasteiger partial charge on any atom is 0.259 e. The van der Waals surface area contributed by atoms with E-state index in [9.17, 15) is 9.90 Å². The second-order valence-corrected chi connectivity index (χ2v) is 4.37. The fraction of sp³-hybridized carbons (Fsp3) is 0.143. The number of pyridine rings is 1. The molecule has 19 heavy (non-hydrogen) atoms. The molecule has 0 unspecified atom stereocenters. The Kier molecular flexibility index (Phi) is 3.37. The molecule has 98 valence electrons. The molecule has 5 heteroatoms. The van der Waals surface area contributed by atoms with Crippen LogP contribution in [0.1, 0.15) is 21.5 Å². The summed E-state index contributed by atoms with van der Waals surface area (Å²) in [6, 6.07) is 5.06. The SMILES string of the molecule is Cc1cc(N)c(NC(=O)c2ccncc2O)cc1C. The maximum atomic E-state index is 12.0. The van der Waals surface area contributed by atoms with Crippen LogP contribution in [0.15, 0.2) is 30.6 Å². The molecule has 0 spiro atoms. The number of carbonyl (C=O) groups excluding carboxylic acids is 1. The van der Waals surface area contributed by atoms with Gasteiger partial charge in [0.25, 0.3) is 5.91 Å². The van der Waals surface area contributed by atoms with Gasteiger partial charge >= 0.3 is 0 Å². The van der Waals surface area contributed by atoms with E-state index in [4.69, 9.17) is 5.73 Å². The van der Waals surface area contributed by atoms with Crippen molar-refractivity contribution >= 4 is 17.3 Å². The molecule has 1 aromatic heterocycles. The minimum atomic E-state index is -0.421. The Morgan fingerprint density at radius 1 is 1.32 bits per heavy atom. The first-order valence-electron chi connectivity index (χ1n) is 5.80. The summed E-state index contributed by atoms with van der Waals surface area (Å²) in [5, 5.41) is 12.3. The molecule has 0 fully saturated rings. The molecule has 0 aliphatic carbocycles. The van der Waals surface area contributed by atoms with Crippen LogP contribution in [-0.2, 0) is 0 Å². The molecule has 0 aliphatic rings. The summed E-state index contributed by atoms with van der Waals surface area (Å²) in [7, 11) is 0. The number of anilines is 2. The largest absolute Gasteiger partial charge is 0.505 e. The van der Waals surface area contributed by atoms with Crippen molar-refractivity contribution in [1.29, 1.82) is 0 Å². The number of aromatic hydroxyl groups is 1. The second kappa shape index (κ2) is 4.97. The van der Waals surface area contributed by atoms with Crippen molar-refractivity contribution in [3.8, 4) is 5.75 Å². The van der Waals surface area contributed by atoms with E-state index >= 15 is 0 Å². The van der Waals surface area contributed by atoms with Crippen molar-refractivity contribution < 1.29 is 9.90 Å². The summed E-state index contributed by atoms with van der Waals surface area (Å²) in [6.45, 7) is 3.89. The molecule has 1 aromatic carbocycles. The van der Waals surface area contributed by atoms with Gasteiger partial charge in [-0.05, 0) is 43.2 Å². The molecular weight excluding hydrogens is 242 g/mol. The highest BCUT2D eigenvalue weighted by atomic mass is 16.3.